The van der Waals surface area contributed by atoms with Crippen molar-refractivity contribution in [1.82, 2.24) is 0 Å². The quantitative estimate of drug-likeness (QED) is 0.609. The molecule has 2 saturated heterocycles. The average Bonchev–Trinajstić information content (AvgIpc) is 3.35. The van der Waals surface area contributed by atoms with E-state index in [4.69, 9.17) is 9.47 Å². The highest BCUT2D eigenvalue weighted by Gasteiger charge is 2.67. The van der Waals surface area contributed by atoms with Crippen LogP contribution in [0.1, 0.15) is 11.1 Å². The molecule has 2 aromatic carbocycles. The van der Waals surface area contributed by atoms with Gasteiger partial charge in [0, 0.05) is 5.69 Å². The smallest absolute Gasteiger partial charge is 0.313 e. The fourth-order valence-electron chi connectivity index (χ4n) is 4.61. The van der Waals surface area contributed by atoms with Gasteiger partial charge in [-0.25, -0.2) is 0 Å². The predicted octanol–water partition coefficient (Wildman–Crippen LogP) is 3.02. The molecule has 1 spiro atoms. The maximum absolute atomic E-state index is 13.3. The summed E-state index contributed by atoms with van der Waals surface area (Å²) in [4.78, 5) is 27.9. The SMILES string of the molecule is Cc1cccc(N2C[C@]34C=C[C@@H](O3)[C@@H](C(=O)OCc3ccccc3)[C@@H]4C2=O)c1. The summed E-state index contributed by atoms with van der Waals surface area (Å²) < 4.78 is 11.7. The Morgan fingerprint density at radius 3 is 2.82 bits per heavy atom. The van der Waals surface area contributed by atoms with Gasteiger partial charge in [-0.1, -0.05) is 54.6 Å². The predicted molar refractivity (Wildman–Crippen MR) is 103 cm³/mol. The fourth-order valence-corrected chi connectivity index (χ4v) is 4.61. The highest BCUT2D eigenvalue weighted by molar-refractivity contribution is 6.02. The standard InChI is InChI=1S/C23H21NO4/c1-15-6-5-9-17(12-15)24-14-23-11-10-18(28-23)19(20(23)21(24)25)22(26)27-13-16-7-3-2-4-8-16/h2-12,18-20H,13-14H2,1H3/t18-,19-,20-,23+/m1/s1. The second-order valence-corrected chi connectivity index (χ2v) is 7.76. The number of carbonyl (C=O) groups excluding carboxylic acids is 2. The van der Waals surface area contributed by atoms with Crippen molar-refractivity contribution in [3.63, 3.8) is 0 Å². The molecule has 0 aliphatic carbocycles. The molecule has 2 fully saturated rings. The lowest BCUT2D eigenvalue weighted by atomic mass is 9.77. The van der Waals surface area contributed by atoms with Crippen molar-refractivity contribution in [2.75, 3.05) is 11.4 Å². The Balaban J connectivity index is 1.39. The van der Waals surface area contributed by atoms with E-state index in [1.807, 2.05) is 73.7 Å². The molecule has 28 heavy (non-hydrogen) atoms. The van der Waals surface area contributed by atoms with Crippen LogP contribution in [0.4, 0.5) is 5.69 Å². The number of amides is 1. The molecule has 0 unspecified atom stereocenters. The second kappa shape index (κ2) is 6.31. The average molecular weight is 375 g/mol. The highest BCUT2D eigenvalue weighted by atomic mass is 16.6. The Bertz CT molecular complexity index is 970. The van der Waals surface area contributed by atoms with Gasteiger partial charge < -0.3 is 14.4 Å². The molecular weight excluding hydrogens is 354 g/mol. The number of aryl methyl sites for hydroxylation is 1. The largest absolute Gasteiger partial charge is 0.460 e. The summed E-state index contributed by atoms with van der Waals surface area (Å²) >= 11 is 0. The maximum Gasteiger partial charge on any atom is 0.313 e. The van der Waals surface area contributed by atoms with Crippen molar-refractivity contribution >= 4 is 17.6 Å². The fraction of sp³-hybridized carbons (Fsp3) is 0.304. The zero-order chi connectivity index (χ0) is 19.3. The number of anilines is 1. The van der Waals surface area contributed by atoms with E-state index in [1.165, 1.54) is 0 Å². The molecule has 5 nitrogen and oxygen atoms in total. The molecular formula is C23H21NO4. The van der Waals surface area contributed by atoms with Crippen molar-refractivity contribution < 1.29 is 19.1 Å². The van der Waals surface area contributed by atoms with Crippen molar-refractivity contribution in [2.45, 2.75) is 25.2 Å². The number of benzene rings is 2. The zero-order valence-corrected chi connectivity index (χ0v) is 15.6. The molecule has 3 heterocycles. The third kappa shape index (κ3) is 2.58. The van der Waals surface area contributed by atoms with Gasteiger partial charge in [-0.2, -0.15) is 0 Å². The monoisotopic (exact) mass is 375 g/mol. The first kappa shape index (κ1) is 17.2. The molecule has 142 valence electrons. The number of esters is 1. The van der Waals surface area contributed by atoms with Gasteiger partial charge in [0.1, 0.15) is 18.1 Å². The summed E-state index contributed by atoms with van der Waals surface area (Å²) in [6.07, 6.45) is 3.46. The lowest BCUT2D eigenvalue weighted by molar-refractivity contribution is -0.153. The lowest BCUT2D eigenvalue weighted by Crippen LogP contribution is -2.40. The molecule has 0 aromatic heterocycles. The van der Waals surface area contributed by atoms with Gasteiger partial charge in [-0.05, 0) is 30.2 Å². The number of fused-ring (bicyclic) bond motifs is 1. The van der Waals surface area contributed by atoms with Crippen LogP contribution < -0.4 is 4.90 Å². The minimum absolute atomic E-state index is 0.0703. The van der Waals surface area contributed by atoms with E-state index in [9.17, 15) is 9.59 Å². The Hall–Kier alpha value is -2.92. The van der Waals surface area contributed by atoms with Gasteiger partial charge in [0.15, 0.2) is 0 Å². The molecule has 3 aliphatic rings. The third-order valence-electron chi connectivity index (χ3n) is 5.91. The van der Waals surface area contributed by atoms with Crippen molar-refractivity contribution in [2.24, 2.45) is 11.8 Å². The topological polar surface area (TPSA) is 55.8 Å². The molecule has 5 rings (SSSR count). The number of hydrogen-bond donors (Lipinski definition) is 0. The Morgan fingerprint density at radius 1 is 1.21 bits per heavy atom. The number of ether oxygens (including phenoxy) is 2. The number of rotatable bonds is 4. The summed E-state index contributed by atoms with van der Waals surface area (Å²) in [5.41, 5.74) is 2.11. The van der Waals surface area contributed by atoms with Gasteiger partial charge >= 0.3 is 5.97 Å². The van der Waals surface area contributed by atoms with Gasteiger partial charge in [-0.15, -0.1) is 0 Å². The molecule has 1 amide bonds. The number of carbonyl (C=O) groups is 2. The van der Waals surface area contributed by atoms with Crippen LogP contribution in [0.15, 0.2) is 66.7 Å². The van der Waals surface area contributed by atoms with Crippen LogP contribution in [0.2, 0.25) is 0 Å². The third-order valence-corrected chi connectivity index (χ3v) is 5.91. The molecule has 4 atom stereocenters. The summed E-state index contributed by atoms with van der Waals surface area (Å²) in [6, 6.07) is 17.4. The van der Waals surface area contributed by atoms with Gasteiger partial charge in [0.05, 0.1) is 18.6 Å². The highest BCUT2D eigenvalue weighted by Crippen LogP contribution is 2.53. The van der Waals surface area contributed by atoms with Gasteiger partial charge in [0.2, 0.25) is 5.91 Å². The first-order valence-electron chi connectivity index (χ1n) is 9.53. The molecule has 5 heteroatoms. The van der Waals surface area contributed by atoms with Gasteiger partial charge in [0.25, 0.3) is 0 Å². The van der Waals surface area contributed by atoms with Crippen molar-refractivity contribution in [3.05, 3.63) is 77.9 Å². The first-order chi connectivity index (χ1) is 13.6. The van der Waals surface area contributed by atoms with Crippen LogP contribution in [0, 0.1) is 18.8 Å². The Kier molecular flexibility index (Phi) is 3.88. The van der Waals surface area contributed by atoms with Crippen LogP contribution in [-0.4, -0.2) is 30.1 Å². The van der Waals surface area contributed by atoms with E-state index in [2.05, 4.69) is 0 Å². The summed E-state index contributed by atoms with van der Waals surface area (Å²) in [7, 11) is 0. The van der Waals surface area contributed by atoms with E-state index < -0.39 is 23.5 Å². The Labute approximate surface area is 163 Å². The maximum atomic E-state index is 13.3. The first-order valence-corrected chi connectivity index (χ1v) is 9.53. The van der Waals surface area contributed by atoms with Gasteiger partial charge in [-0.3, -0.25) is 9.59 Å². The second-order valence-electron chi connectivity index (χ2n) is 7.76. The summed E-state index contributed by atoms with van der Waals surface area (Å²) in [5, 5.41) is 0. The van der Waals surface area contributed by atoms with Crippen LogP contribution in [0.25, 0.3) is 0 Å². The Morgan fingerprint density at radius 2 is 2.04 bits per heavy atom. The molecule has 2 bridgehead atoms. The van der Waals surface area contributed by atoms with Crippen molar-refractivity contribution in [1.29, 1.82) is 0 Å². The molecule has 2 aromatic rings. The molecule has 0 N–H and O–H groups in total. The van der Waals surface area contributed by atoms with E-state index in [-0.39, 0.29) is 18.5 Å². The summed E-state index contributed by atoms with van der Waals surface area (Å²) in [6.45, 7) is 2.62. The van der Waals surface area contributed by atoms with Crippen LogP contribution >= 0.6 is 0 Å². The minimum atomic E-state index is -0.734. The lowest BCUT2D eigenvalue weighted by Gasteiger charge is -2.22. The van der Waals surface area contributed by atoms with Crippen LogP contribution in [0.5, 0.6) is 0 Å². The van der Waals surface area contributed by atoms with E-state index >= 15 is 0 Å². The van der Waals surface area contributed by atoms with Crippen LogP contribution in [0.3, 0.4) is 0 Å². The van der Waals surface area contributed by atoms with Crippen LogP contribution in [-0.2, 0) is 25.7 Å². The van der Waals surface area contributed by atoms with E-state index in [0.29, 0.717) is 6.54 Å². The number of hydrogen-bond acceptors (Lipinski definition) is 4. The zero-order valence-electron chi connectivity index (χ0n) is 15.6. The molecule has 0 saturated carbocycles. The van der Waals surface area contributed by atoms with E-state index in [0.717, 1.165) is 16.8 Å². The van der Waals surface area contributed by atoms with E-state index in [1.54, 1.807) is 4.90 Å². The van der Waals surface area contributed by atoms with Crippen molar-refractivity contribution in [3.8, 4) is 0 Å². The minimum Gasteiger partial charge on any atom is -0.460 e. The molecule has 3 aliphatic heterocycles. The summed E-state index contributed by atoms with van der Waals surface area (Å²) in [5.74, 6) is -1.58. The molecule has 0 radical (unpaired) electrons. The normalized spacial score (nSPS) is 30.0. The number of nitrogens with zero attached hydrogens (tertiary/aromatic N) is 1.